The summed E-state index contributed by atoms with van der Waals surface area (Å²) in [6.45, 7) is 1.39. The van der Waals surface area contributed by atoms with Gasteiger partial charge in [0.05, 0.1) is 12.7 Å². The van der Waals surface area contributed by atoms with Gasteiger partial charge in [-0.1, -0.05) is 12.1 Å². The number of phenols is 1. The predicted octanol–water partition coefficient (Wildman–Crippen LogP) is 3.32. The number of hydrogen-bond acceptors (Lipinski definition) is 4. The van der Waals surface area contributed by atoms with E-state index in [1.807, 2.05) is 0 Å². The Bertz CT molecular complexity index is 650. The van der Waals surface area contributed by atoms with Crippen LogP contribution < -0.4 is 9.47 Å². The number of aromatic hydroxyl groups is 1. The molecule has 0 fully saturated rings. The van der Waals surface area contributed by atoms with Crippen molar-refractivity contribution < 1.29 is 23.8 Å². The van der Waals surface area contributed by atoms with Crippen LogP contribution >= 0.6 is 0 Å². The highest BCUT2D eigenvalue weighted by Gasteiger charge is 2.16. The van der Waals surface area contributed by atoms with Crippen molar-refractivity contribution in [2.75, 3.05) is 7.11 Å². The van der Waals surface area contributed by atoms with E-state index in [-0.39, 0.29) is 17.9 Å². The first kappa shape index (κ1) is 14.8. The van der Waals surface area contributed by atoms with Gasteiger partial charge in [-0.2, -0.15) is 4.39 Å². The maximum Gasteiger partial charge on any atom is 0.207 e. The van der Waals surface area contributed by atoms with Crippen molar-refractivity contribution in [3.63, 3.8) is 0 Å². The molecular weight excluding hydrogens is 275 g/mol. The quantitative estimate of drug-likeness (QED) is 0.858. The molecule has 0 amide bonds. The number of carbonyl (C=O) groups is 1. The second-order valence-corrected chi connectivity index (χ2v) is 4.47. The summed E-state index contributed by atoms with van der Waals surface area (Å²) in [4.78, 5) is 11.2. The van der Waals surface area contributed by atoms with E-state index in [0.717, 1.165) is 5.56 Å². The molecule has 0 unspecified atom stereocenters. The molecule has 21 heavy (non-hydrogen) atoms. The van der Waals surface area contributed by atoms with Crippen LogP contribution in [-0.4, -0.2) is 18.0 Å². The van der Waals surface area contributed by atoms with Crippen LogP contribution in [0.25, 0.3) is 0 Å². The Labute approximate surface area is 121 Å². The molecule has 0 atom stereocenters. The second kappa shape index (κ2) is 6.26. The predicted molar refractivity (Wildman–Crippen MR) is 75.4 cm³/mol. The average Bonchev–Trinajstić information content (AvgIpc) is 2.49. The normalized spacial score (nSPS) is 10.2. The van der Waals surface area contributed by atoms with E-state index < -0.39 is 17.3 Å². The van der Waals surface area contributed by atoms with Gasteiger partial charge >= 0.3 is 0 Å². The summed E-state index contributed by atoms with van der Waals surface area (Å²) >= 11 is 0. The molecule has 0 saturated heterocycles. The van der Waals surface area contributed by atoms with E-state index in [4.69, 9.17) is 9.47 Å². The Morgan fingerprint density at radius 1 is 1.19 bits per heavy atom. The van der Waals surface area contributed by atoms with Crippen molar-refractivity contribution >= 4 is 5.78 Å². The molecule has 1 N–H and O–H groups in total. The average molecular weight is 290 g/mol. The molecule has 0 bridgehead atoms. The van der Waals surface area contributed by atoms with Gasteiger partial charge in [-0.3, -0.25) is 4.79 Å². The lowest BCUT2D eigenvalue weighted by Crippen LogP contribution is -2.00. The zero-order chi connectivity index (χ0) is 15.4. The summed E-state index contributed by atoms with van der Waals surface area (Å²) < 4.78 is 24.3. The van der Waals surface area contributed by atoms with Gasteiger partial charge in [0.15, 0.2) is 17.3 Å². The minimum Gasteiger partial charge on any atom is -0.504 e. The minimum absolute atomic E-state index is 0.0655. The maximum atomic E-state index is 13.9. The Kier molecular flexibility index (Phi) is 4.42. The van der Waals surface area contributed by atoms with Gasteiger partial charge in [-0.05, 0) is 36.8 Å². The summed E-state index contributed by atoms with van der Waals surface area (Å²) in [7, 11) is 1.57. The minimum atomic E-state index is -0.934. The largest absolute Gasteiger partial charge is 0.504 e. The Morgan fingerprint density at radius 3 is 2.43 bits per heavy atom. The number of methoxy groups -OCH3 is 1. The molecule has 0 aliphatic carbocycles. The molecule has 0 saturated carbocycles. The Morgan fingerprint density at radius 2 is 1.86 bits per heavy atom. The van der Waals surface area contributed by atoms with Crippen molar-refractivity contribution in [2.45, 2.75) is 13.5 Å². The summed E-state index contributed by atoms with van der Waals surface area (Å²) in [6, 6.07) is 9.79. The Balaban J connectivity index is 2.12. The van der Waals surface area contributed by atoms with Gasteiger partial charge in [0, 0.05) is 0 Å². The van der Waals surface area contributed by atoms with E-state index in [2.05, 4.69) is 0 Å². The first-order valence-electron chi connectivity index (χ1n) is 6.31. The van der Waals surface area contributed by atoms with E-state index >= 15 is 0 Å². The number of benzene rings is 2. The molecule has 0 spiro atoms. The summed E-state index contributed by atoms with van der Waals surface area (Å²) in [5.74, 6) is -1.42. The topological polar surface area (TPSA) is 55.8 Å². The number of carbonyl (C=O) groups excluding carboxylic acids is 1. The molecule has 0 aliphatic heterocycles. The third-order valence-electron chi connectivity index (χ3n) is 3.01. The fourth-order valence-electron chi connectivity index (χ4n) is 1.82. The van der Waals surface area contributed by atoms with Crippen LogP contribution in [0.1, 0.15) is 22.8 Å². The number of phenolic OH excluding ortho intramolecular Hbond substituents is 1. The highest BCUT2D eigenvalue weighted by Crippen LogP contribution is 2.30. The maximum absolute atomic E-state index is 13.9. The zero-order valence-electron chi connectivity index (χ0n) is 11.7. The van der Waals surface area contributed by atoms with Crippen LogP contribution in [0, 0.1) is 5.82 Å². The summed E-state index contributed by atoms with van der Waals surface area (Å²) in [5.41, 5.74) is 0.759. The SMILES string of the molecule is COc1ccc(COc2ccc(C(C)=O)c(O)c2F)cc1. The smallest absolute Gasteiger partial charge is 0.207 e. The van der Waals surface area contributed by atoms with E-state index in [0.29, 0.717) is 5.75 Å². The molecule has 110 valence electrons. The van der Waals surface area contributed by atoms with Crippen LogP contribution in [0.3, 0.4) is 0 Å². The third-order valence-corrected chi connectivity index (χ3v) is 3.01. The fraction of sp³-hybridized carbons (Fsp3) is 0.188. The highest BCUT2D eigenvalue weighted by molar-refractivity contribution is 5.96. The van der Waals surface area contributed by atoms with E-state index in [1.165, 1.54) is 19.1 Å². The van der Waals surface area contributed by atoms with Crippen molar-refractivity contribution in [1.82, 2.24) is 0 Å². The molecular formula is C16H15FO4. The van der Waals surface area contributed by atoms with Crippen molar-refractivity contribution in [3.8, 4) is 17.2 Å². The van der Waals surface area contributed by atoms with Crippen molar-refractivity contribution in [2.24, 2.45) is 0 Å². The number of ketones is 1. The molecule has 2 rings (SSSR count). The number of hydrogen-bond donors (Lipinski definition) is 1. The van der Waals surface area contributed by atoms with Crippen LogP contribution in [-0.2, 0) is 6.61 Å². The highest BCUT2D eigenvalue weighted by atomic mass is 19.1. The fourth-order valence-corrected chi connectivity index (χ4v) is 1.82. The van der Waals surface area contributed by atoms with Crippen LogP contribution in [0.2, 0.25) is 0 Å². The monoisotopic (exact) mass is 290 g/mol. The van der Waals surface area contributed by atoms with Gasteiger partial charge in [-0.15, -0.1) is 0 Å². The first-order valence-corrected chi connectivity index (χ1v) is 6.31. The lowest BCUT2D eigenvalue weighted by atomic mass is 10.1. The molecule has 5 heteroatoms. The van der Waals surface area contributed by atoms with Crippen molar-refractivity contribution in [3.05, 3.63) is 53.3 Å². The first-order chi connectivity index (χ1) is 10.0. The van der Waals surface area contributed by atoms with Gasteiger partial charge in [0.25, 0.3) is 0 Å². The zero-order valence-corrected chi connectivity index (χ0v) is 11.7. The van der Waals surface area contributed by atoms with Gasteiger partial charge in [0.1, 0.15) is 12.4 Å². The molecule has 0 aliphatic rings. The standard InChI is InChI=1S/C16H15FO4/c1-10(18)13-7-8-14(15(17)16(13)19)21-9-11-3-5-12(20-2)6-4-11/h3-8,19H,9H2,1-2H3. The second-order valence-electron chi connectivity index (χ2n) is 4.47. The molecule has 2 aromatic rings. The van der Waals surface area contributed by atoms with Crippen LogP contribution in [0.5, 0.6) is 17.2 Å². The lowest BCUT2D eigenvalue weighted by Gasteiger charge is -2.10. The summed E-state index contributed by atoms with van der Waals surface area (Å²) in [6.07, 6.45) is 0. The molecule has 0 radical (unpaired) electrons. The number of ether oxygens (including phenoxy) is 2. The number of rotatable bonds is 5. The van der Waals surface area contributed by atoms with Gasteiger partial charge < -0.3 is 14.6 Å². The van der Waals surface area contributed by atoms with Crippen molar-refractivity contribution in [1.29, 1.82) is 0 Å². The number of Topliss-reactive ketones (excluding diaryl/α,β-unsaturated/α-hetero) is 1. The van der Waals surface area contributed by atoms with E-state index in [9.17, 15) is 14.3 Å². The lowest BCUT2D eigenvalue weighted by molar-refractivity contribution is 0.101. The van der Waals surface area contributed by atoms with Crippen LogP contribution in [0.15, 0.2) is 36.4 Å². The molecule has 0 aromatic heterocycles. The third kappa shape index (κ3) is 3.31. The summed E-state index contributed by atoms with van der Waals surface area (Å²) in [5, 5.41) is 9.62. The Hall–Kier alpha value is -2.56. The van der Waals surface area contributed by atoms with Gasteiger partial charge in [0.2, 0.25) is 5.82 Å². The van der Waals surface area contributed by atoms with E-state index in [1.54, 1.807) is 31.4 Å². The molecule has 2 aromatic carbocycles. The molecule has 4 nitrogen and oxygen atoms in total. The number of halogens is 1. The van der Waals surface area contributed by atoms with Gasteiger partial charge in [-0.25, -0.2) is 0 Å². The molecule has 0 heterocycles. The van der Waals surface area contributed by atoms with Crippen LogP contribution in [0.4, 0.5) is 4.39 Å².